The lowest BCUT2D eigenvalue weighted by Crippen LogP contribution is -1.89. The Morgan fingerprint density at radius 2 is 2.06 bits per heavy atom. The number of thioether (sulfide) groups is 1. The number of nitrogens with zero attached hydrogens (tertiary/aromatic N) is 2. The zero-order valence-electron chi connectivity index (χ0n) is 9.77. The van der Waals surface area contributed by atoms with Gasteiger partial charge in [-0.3, -0.25) is 5.10 Å². The molecular formula is C12H14FN3S. The Morgan fingerprint density at radius 1 is 1.35 bits per heavy atom. The zero-order chi connectivity index (χ0) is 12.3. The van der Waals surface area contributed by atoms with Gasteiger partial charge in [-0.15, -0.1) is 5.10 Å². The molecule has 0 spiro atoms. The molecule has 2 rings (SSSR count). The van der Waals surface area contributed by atoms with Gasteiger partial charge in [0.25, 0.3) is 0 Å². The average Bonchev–Trinajstić information content (AvgIpc) is 2.77. The van der Waals surface area contributed by atoms with E-state index in [9.17, 15) is 4.39 Å². The minimum absolute atomic E-state index is 0.205. The topological polar surface area (TPSA) is 41.6 Å². The van der Waals surface area contributed by atoms with Gasteiger partial charge >= 0.3 is 0 Å². The summed E-state index contributed by atoms with van der Waals surface area (Å²) in [6.45, 7) is 4.08. The molecule has 17 heavy (non-hydrogen) atoms. The molecule has 3 nitrogen and oxygen atoms in total. The third-order valence-electron chi connectivity index (χ3n) is 2.47. The quantitative estimate of drug-likeness (QED) is 0.847. The first-order valence-electron chi connectivity index (χ1n) is 5.52. The van der Waals surface area contributed by atoms with Crippen molar-refractivity contribution in [2.45, 2.75) is 30.7 Å². The molecule has 1 heterocycles. The molecule has 0 aliphatic carbocycles. The maximum atomic E-state index is 12.8. The summed E-state index contributed by atoms with van der Waals surface area (Å²) >= 11 is 1.56. The molecule has 0 bridgehead atoms. The zero-order valence-corrected chi connectivity index (χ0v) is 10.6. The summed E-state index contributed by atoms with van der Waals surface area (Å²) in [6.07, 6.45) is 0.846. The van der Waals surface area contributed by atoms with E-state index in [-0.39, 0.29) is 11.1 Å². The van der Waals surface area contributed by atoms with Gasteiger partial charge in [0.05, 0.1) is 0 Å². The van der Waals surface area contributed by atoms with Crippen molar-refractivity contribution in [3.63, 3.8) is 0 Å². The number of aromatic nitrogens is 3. The fourth-order valence-electron chi connectivity index (χ4n) is 1.45. The summed E-state index contributed by atoms with van der Waals surface area (Å²) in [5.41, 5.74) is 1.07. The van der Waals surface area contributed by atoms with Crippen LogP contribution < -0.4 is 0 Å². The number of aryl methyl sites for hydroxylation is 1. The van der Waals surface area contributed by atoms with E-state index in [1.54, 1.807) is 23.9 Å². The van der Waals surface area contributed by atoms with Gasteiger partial charge in [0.1, 0.15) is 11.6 Å². The predicted octanol–water partition coefficient (Wildman–Crippen LogP) is 3.36. The molecule has 1 N–H and O–H groups in total. The fraction of sp³-hybridized carbons (Fsp3) is 0.333. The summed E-state index contributed by atoms with van der Waals surface area (Å²) in [6, 6.07) is 6.53. The highest BCUT2D eigenvalue weighted by atomic mass is 32.2. The Hall–Kier alpha value is -1.36. The standard InChI is InChI=1S/C12H14FN3S/c1-3-11-14-12(16-15-11)17-8(2)9-4-6-10(13)7-5-9/h4-8H,3H2,1-2H3,(H,14,15,16)/t8-/m0/s1. The second kappa shape index (κ2) is 5.31. The highest BCUT2D eigenvalue weighted by Crippen LogP contribution is 2.32. The molecule has 1 aromatic heterocycles. The maximum Gasteiger partial charge on any atom is 0.209 e. The Labute approximate surface area is 104 Å². The number of nitrogens with one attached hydrogen (secondary N) is 1. The van der Waals surface area contributed by atoms with E-state index < -0.39 is 0 Å². The average molecular weight is 251 g/mol. The first-order chi connectivity index (χ1) is 8.19. The maximum absolute atomic E-state index is 12.8. The van der Waals surface area contributed by atoms with Crippen molar-refractivity contribution >= 4 is 11.8 Å². The molecule has 1 atom stereocenters. The van der Waals surface area contributed by atoms with Gasteiger partial charge in [0.2, 0.25) is 5.16 Å². The van der Waals surface area contributed by atoms with Crippen LogP contribution in [0.15, 0.2) is 29.4 Å². The Morgan fingerprint density at radius 3 is 2.65 bits per heavy atom. The van der Waals surface area contributed by atoms with Crippen molar-refractivity contribution in [3.8, 4) is 0 Å². The lowest BCUT2D eigenvalue weighted by atomic mass is 10.2. The Balaban J connectivity index is 2.05. The molecule has 0 radical (unpaired) electrons. The van der Waals surface area contributed by atoms with E-state index in [0.717, 1.165) is 23.0 Å². The summed E-state index contributed by atoms with van der Waals surface area (Å²) in [4.78, 5) is 4.33. The van der Waals surface area contributed by atoms with Crippen LogP contribution in [0.1, 0.15) is 30.5 Å². The third kappa shape index (κ3) is 3.06. The van der Waals surface area contributed by atoms with Crippen LogP contribution in [0.4, 0.5) is 4.39 Å². The van der Waals surface area contributed by atoms with Gasteiger partial charge in [0, 0.05) is 11.7 Å². The van der Waals surface area contributed by atoms with Crippen LogP contribution in [-0.4, -0.2) is 15.2 Å². The Kier molecular flexibility index (Phi) is 3.78. The largest absolute Gasteiger partial charge is 0.262 e. The molecule has 0 unspecified atom stereocenters. The smallest absolute Gasteiger partial charge is 0.209 e. The van der Waals surface area contributed by atoms with Crippen molar-refractivity contribution in [3.05, 3.63) is 41.5 Å². The molecule has 0 aliphatic rings. The summed E-state index contributed by atoms with van der Waals surface area (Å²) < 4.78 is 12.8. The van der Waals surface area contributed by atoms with Crippen LogP contribution >= 0.6 is 11.8 Å². The van der Waals surface area contributed by atoms with Gasteiger partial charge in [-0.1, -0.05) is 30.8 Å². The summed E-state index contributed by atoms with van der Waals surface area (Å²) in [5.74, 6) is 0.677. The van der Waals surface area contributed by atoms with E-state index in [2.05, 4.69) is 22.1 Å². The highest BCUT2D eigenvalue weighted by molar-refractivity contribution is 7.99. The Bertz CT molecular complexity index is 481. The van der Waals surface area contributed by atoms with Crippen LogP contribution in [0.5, 0.6) is 0 Å². The fourth-order valence-corrected chi connectivity index (χ4v) is 2.32. The first kappa shape index (κ1) is 12.1. The number of rotatable bonds is 4. The highest BCUT2D eigenvalue weighted by Gasteiger charge is 2.11. The molecule has 0 amide bonds. The van der Waals surface area contributed by atoms with Gasteiger partial charge in [0.15, 0.2) is 0 Å². The third-order valence-corrected chi connectivity index (χ3v) is 3.49. The molecule has 2 aromatic rings. The second-order valence-electron chi connectivity index (χ2n) is 3.73. The molecular weight excluding hydrogens is 237 g/mol. The van der Waals surface area contributed by atoms with Crippen LogP contribution in [0.25, 0.3) is 0 Å². The van der Waals surface area contributed by atoms with Crippen molar-refractivity contribution in [1.29, 1.82) is 0 Å². The minimum atomic E-state index is -0.211. The number of benzene rings is 1. The second-order valence-corrected chi connectivity index (χ2v) is 5.04. The molecule has 0 fully saturated rings. The lowest BCUT2D eigenvalue weighted by Gasteiger charge is -2.08. The lowest BCUT2D eigenvalue weighted by molar-refractivity contribution is 0.627. The van der Waals surface area contributed by atoms with E-state index >= 15 is 0 Å². The molecule has 5 heteroatoms. The van der Waals surface area contributed by atoms with Gasteiger partial charge in [-0.05, 0) is 24.6 Å². The van der Waals surface area contributed by atoms with Crippen LogP contribution in [0.2, 0.25) is 0 Å². The monoisotopic (exact) mass is 251 g/mol. The van der Waals surface area contributed by atoms with Crippen molar-refractivity contribution in [1.82, 2.24) is 15.2 Å². The van der Waals surface area contributed by atoms with E-state index in [4.69, 9.17) is 0 Å². The molecule has 1 aromatic carbocycles. The van der Waals surface area contributed by atoms with Crippen molar-refractivity contribution in [2.24, 2.45) is 0 Å². The number of hydrogen-bond acceptors (Lipinski definition) is 3. The number of H-pyrrole nitrogens is 1. The normalized spacial score (nSPS) is 12.6. The van der Waals surface area contributed by atoms with Gasteiger partial charge in [-0.25, -0.2) is 9.37 Å². The van der Waals surface area contributed by atoms with E-state index in [0.29, 0.717) is 0 Å². The number of aromatic amines is 1. The number of halogens is 1. The minimum Gasteiger partial charge on any atom is -0.262 e. The molecule has 0 saturated heterocycles. The van der Waals surface area contributed by atoms with E-state index in [1.807, 2.05) is 6.92 Å². The molecule has 90 valence electrons. The van der Waals surface area contributed by atoms with Crippen molar-refractivity contribution in [2.75, 3.05) is 0 Å². The SMILES string of the molecule is CCc1nc(S[C@@H](C)c2ccc(F)cc2)n[nH]1. The summed E-state index contributed by atoms with van der Waals surface area (Å²) in [5, 5.41) is 7.94. The van der Waals surface area contributed by atoms with Gasteiger partial charge in [-0.2, -0.15) is 0 Å². The number of hydrogen-bond donors (Lipinski definition) is 1. The van der Waals surface area contributed by atoms with E-state index in [1.165, 1.54) is 12.1 Å². The van der Waals surface area contributed by atoms with Crippen LogP contribution in [-0.2, 0) is 6.42 Å². The van der Waals surface area contributed by atoms with Crippen molar-refractivity contribution < 1.29 is 4.39 Å². The first-order valence-corrected chi connectivity index (χ1v) is 6.40. The molecule has 0 saturated carbocycles. The van der Waals surface area contributed by atoms with Crippen LogP contribution in [0, 0.1) is 5.82 Å². The van der Waals surface area contributed by atoms with Gasteiger partial charge < -0.3 is 0 Å². The summed E-state index contributed by atoms with van der Waals surface area (Å²) in [7, 11) is 0. The van der Waals surface area contributed by atoms with Crippen LogP contribution in [0.3, 0.4) is 0 Å². The predicted molar refractivity (Wildman–Crippen MR) is 66.4 cm³/mol. The molecule has 0 aliphatic heterocycles.